The molecule has 1 aromatic carbocycles. The molecule has 0 aromatic heterocycles. The van der Waals surface area contributed by atoms with Crippen LogP contribution in [-0.4, -0.2) is 0 Å². The number of nitrogens with one attached hydrogen (secondary N) is 1. The summed E-state index contributed by atoms with van der Waals surface area (Å²) in [6.07, 6.45) is 0. The molecule has 0 aliphatic heterocycles. The fourth-order valence-corrected chi connectivity index (χ4v) is 0.998. The molecule has 0 saturated heterocycles. The summed E-state index contributed by atoms with van der Waals surface area (Å²) < 4.78 is 24.3. The minimum atomic E-state index is -0.498. The molecule has 0 atom stereocenters. The van der Waals surface area contributed by atoms with Gasteiger partial charge in [-0.2, -0.15) is 5.54 Å². The molecule has 0 bridgehead atoms. The van der Waals surface area contributed by atoms with Crippen LogP contribution in [0.15, 0.2) is 18.2 Å². The lowest BCUT2D eigenvalue weighted by Crippen LogP contribution is -2.02. The van der Waals surface area contributed by atoms with Crippen LogP contribution < -0.4 is 5.54 Å². The maximum absolute atomic E-state index is 12.7. The van der Waals surface area contributed by atoms with Crippen LogP contribution in [0, 0.1) is 5.82 Å². The van der Waals surface area contributed by atoms with Crippen LogP contribution in [0.3, 0.4) is 0 Å². The van der Waals surface area contributed by atoms with Gasteiger partial charge in [0.05, 0.1) is 6.54 Å². The first kappa shape index (κ1) is 8.43. The Labute approximate surface area is 67.9 Å². The topological polar surface area (TPSA) is 12.0 Å². The summed E-state index contributed by atoms with van der Waals surface area (Å²) in [6, 6.07) is 4.22. The number of rotatable bonds is 2. The van der Waals surface area contributed by atoms with Gasteiger partial charge >= 0.3 is 0 Å². The van der Waals surface area contributed by atoms with Crippen molar-refractivity contribution in [1.82, 2.24) is 5.54 Å². The van der Waals surface area contributed by atoms with E-state index in [-0.39, 0.29) is 17.1 Å². The van der Waals surface area contributed by atoms with Crippen molar-refractivity contribution in [1.29, 1.82) is 0 Å². The van der Waals surface area contributed by atoms with Crippen LogP contribution in [0.25, 0.3) is 0 Å². The first-order valence-corrected chi connectivity index (χ1v) is 3.40. The molecule has 0 aliphatic carbocycles. The van der Waals surface area contributed by atoms with E-state index < -0.39 is 5.82 Å². The van der Waals surface area contributed by atoms with Crippen LogP contribution in [0.1, 0.15) is 5.56 Å². The van der Waals surface area contributed by atoms with Gasteiger partial charge in [-0.15, -0.1) is 4.48 Å². The Balaban J connectivity index is 3.00. The normalized spacial score (nSPS) is 10.1. The minimum absolute atomic E-state index is 0.150. The fraction of sp³-hybridized carbons (Fsp3) is 0.143. The minimum Gasteiger partial charge on any atom is -0.207 e. The SMILES string of the molecule is FNCc1c(F)cccc1Cl. The highest BCUT2D eigenvalue weighted by molar-refractivity contribution is 6.31. The first-order chi connectivity index (χ1) is 5.25. The Hall–Kier alpha value is -0.670. The molecule has 0 spiro atoms. The van der Waals surface area contributed by atoms with Crippen molar-refractivity contribution in [2.24, 2.45) is 0 Å². The Kier molecular flexibility index (Phi) is 2.79. The van der Waals surface area contributed by atoms with E-state index >= 15 is 0 Å². The van der Waals surface area contributed by atoms with Gasteiger partial charge in [0.15, 0.2) is 0 Å². The molecule has 0 unspecified atom stereocenters. The summed E-state index contributed by atoms with van der Waals surface area (Å²) in [6.45, 7) is -0.203. The lowest BCUT2D eigenvalue weighted by atomic mass is 10.2. The Morgan fingerprint density at radius 2 is 2.18 bits per heavy atom. The Morgan fingerprint density at radius 1 is 1.45 bits per heavy atom. The molecule has 60 valence electrons. The third kappa shape index (κ3) is 1.88. The number of hydrogen-bond donors (Lipinski definition) is 1. The maximum atomic E-state index is 12.7. The highest BCUT2D eigenvalue weighted by atomic mass is 35.5. The van der Waals surface area contributed by atoms with Gasteiger partial charge in [0.25, 0.3) is 0 Å². The predicted molar refractivity (Wildman–Crippen MR) is 39.4 cm³/mol. The van der Waals surface area contributed by atoms with Gasteiger partial charge in [-0.25, -0.2) is 4.39 Å². The average Bonchev–Trinajstić information content (AvgIpc) is 1.97. The van der Waals surface area contributed by atoms with Crippen LogP contribution in [-0.2, 0) is 6.54 Å². The Morgan fingerprint density at radius 3 is 2.73 bits per heavy atom. The third-order valence-electron chi connectivity index (χ3n) is 1.31. The molecule has 1 rings (SSSR count). The van der Waals surface area contributed by atoms with E-state index in [0.29, 0.717) is 0 Å². The zero-order valence-corrected chi connectivity index (χ0v) is 6.33. The zero-order valence-electron chi connectivity index (χ0n) is 5.57. The van der Waals surface area contributed by atoms with Gasteiger partial charge in [-0.1, -0.05) is 17.7 Å². The molecule has 0 heterocycles. The van der Waals surface area contributed by atoms with E-state index in [1.807, 2.05) is 0 Å². The first-order valence-electron chi connectivity index (χ1n) is 3.02. The van der Waals surface area contributed by atoms with E-state index in [1.165, 1.54) is 23.7 Å². The average molecular weight is 178 g/mol. The van der Waals surface area contributed by atoms with Gasteiger partial charge in [0.1, 0.15) is 5.82 Å². The number of hydrogen-bond acceptors (Lipinski definition) is 1. The van der Waals surface area contributed by atoms with E-state index in [1.54, 1.807) is 0 Å². The largest absolute Gasteiger partial charge is 0.207 e. The second-order valence-corrected chi connectivity index (χ2v) is 2.42. The molecule has 0 fully saturated rings. The zero-order chi connectivity index (χ0) is 8.27. The third-order valence-corrected chi connectivity index (χ3v) is 1.66. The molecule has 1 N–H and O–H groups in total. The van der Waals surface area contributed by atoms with Crippen molar-refractivity contribution in [3.63, 3.8) is 0 Å². The molecular weight excluding hydrogens is 172 g/mol. The molecular formula is C7H6ClF2N. The van der Waals surface area contributed by atoms with Gasteiger partial charge in [-0.3, -0.25) is 0 Å². The van der Waals surface area contributed by atoms with Crippen molar-refractivity contribution in [3.05, 3.63) is 34.6 Å². The number of benzene rings is 1. The van der Waals surface area contributed by atoms with Gasteiger partial charge in [-0.05, 0) is 12.1 Å². The summed E-state index contributed by atoms with van der Waals surface area (Å²) in [4.78, 5) is 0. The molecule has 1 nitrogen and oxygen atoms in total. The number of halogens is 3. The van der Waals surface area contributed by atoms with Crippen LogP contribution in [0.2, 0.25) is 5.02 Å². The van der Waals surface area contributed by atoms with Crippen LogP contribution in [0.4, 0.5) is 8.87 Å². The van der Waals surface area contributed by atoms with Crippen molar-refractivity contribution >= 4 is 11.6 Å². The van der Waals surface area contributed by atoms with E-state index in [4.69, 9.17) is 11.6 Å². The maximum Gasteiger partial charge on any atom is 0.129 e. The summed E-state index contributed by atoms with van der Waals surface area (Å²) in [5.41, 5.74) is 1.49. The van der Waals surface area contributed by atoms with E-state index in [9.17, 15) is 8.87 Å². The predicted octanol–water partition coefficient (Wildman–Crippen LogP) is 2.45. The molecule has 0 radical (unpaired) electrons. The second-order valence-electron chi connectivity index (χ2n) is 2.01. The molecule has 0 amide bonds. The quantitative estimate of drug-likeness (QED) is 0.685. The van der Waals surface area contributed by atoms with Crippen molar-refractivity contribution in [3.8, 4) is 0 Å². The summed E-state index contributed by atoms with van der Waals surface area (Å²) in [5.74, 6) is -0.498. The smallest absolute Gasteiger partial charge is 0.129 e. The van der Waals surface area contributed by atoms with Crippen molar-refractivity contribution < 1.29 is 8.87 Å². The lowest BCUT2D eigenvalue weighted by molar-refractivity contribution is 0.326. The van der Waals surface area contributed by atoms with Gasteiger partial charge in [0, 0.05) is 10.6 Å². The Bertz CT molecular complexity index is 232. The fourth-order valence-electron chi connectivity index (χ4n) is 0.768. The standard InChI is InChI=1S/C7H6ClF2N/c8-6-2-1-3-7(9)5(6)4-11-10/h1-3,11H,4H2. The van der Waals surface area contributed by atoms with Gasteiger partial charge in [0.2, 0.25) is 0 Å². The lowest BCUT2D eigenvalue weighted by Gasteiger charge is -2.01. The summed E-state index contributed by atoms with van der Waals surface area (Å²) >= 11 is 5.56. The molecule has 11 heavy (non-hydrogen) atoms. The molecule has 0 saturated carbocycles. The van der Waals surface area contributed by atoms with Gasteiger partial charge < -0.3 is 0 Å². The molecule has 4 heteroatoms. The summed E-state index contributed by atoms with van der Waals surface area (Å²) in [5, 5.41) is 0.232. The highest BCUT2D eigenvalue weighted by Gasteiger charge is 2.04. The van der Waals surface area contributed by atoms with Crippen molar-refractivity contribution in [2.75, 3.05) is 0 Å². The highest BCUT2D eigenvalue weighted by Crippen LogP contribution is 2.18. The van der Waals surface area contributed by atoms with Crippen LogP contribution >= 0.6 is 11.6 Å². The molecule has 1 aromatic rings. The second kappa shape index (κ2) is 3.64. The van der Waals surface area contributed by atoms with E-state index in [0.717, 1.165) is 0 Å². The van der Waals surface area contributed by atoms with Crippen molar-refractivity contribution in [2.45, 2.75) is 6.54 Å². The summed E-state index contributed by atoms with van der Waals surface area (Å²) in [7, 11) is 0. The van der Waals surface area contributed by atoms with Crippen LogP contribution in [0.5, 0.6) is 0 Å². The van der Waals surface area contributed by atoms with E-state index in [2.05, 4.69) is 0 Å². The monoisotopic (exact) mass is 177 g/mol. The molecule has 0 aliphatic rings.